The second-order valence-electron chi connectivity index (χ2n) is 5.76. The molecule has 0 aromatic rings. The van der Waals surface area contributed by atoms with Gasteiger partial charge in [0.1, 0.15) is 0 Å². The minimum Gasteiger partial charge on any atom is -0.391 e. The topological polar surface area (TPSA) is 32.7 Å². The maximum absolute atomic E-state index is 10.2. The number of ether oxygens (including phenoxy) is 1. The zero-order chi connectivity index (χ0) is 11.0. The molecule has 3 heteroatoms. The third kappa shape index (κ3) is 1.89. The normalized spacial score (nSPS) is 45.6. The van der Waals surface area contributed by atoms with E-state index in [0.717, 1.165) is 25.9 Å². The third-order valence-electron chi connectivity index (χ3n) is 4.72. The lowest BCUT2D eigenvalue weighted by Crippen LogP contribution is -2.51. The van der Waals surface area contributed by atoms with Crippen LogP contribution in [0.2, 0.25) is 0 Å². The van der Waals surface area contributed by atoms with Gasteiger partial charge in [0.15, 0.2) is 0 Å². The maximum Gasteiger partial charge on any atom is 0.0700 e. The second kappa shape index (κ2) is 4.28. The van der Waals surface area contributed by atoms with Gasteiger partial charge in [-0.25, -0.2) is 0 Å². The molecule has 0 amide bonds. The van der Waals surface area contributed by atoms with E-state index in [9.17, 15) is 5.11 Å². The molecule has 1 saturated carbocycles. The summed E-state index contributed by atoms with van der Waals surface area (Å²) in [5, 5.41) is 10.2. The lowest BCUT2D eigenvalue weighted by molar-refractivity contribution is -0.0877. The molecule has 3 rings (SSSR count). The molecule has 3 fully saturated rings. The highest BCUT2D eigenvalue weighted by Crippen LogP contribution is 2.41. The van der Waals surface area contributed by atoms with Crippen LogP contribution in [0.4, 0.5) is 0 Å². The second-order valence-corrected chi connectivity index (χ2v) is 5.76. The van der Waals surface area contributed by atoms with E-state index in [2.05, 4.69) is 4.90 Å². The highest BCUT2D eigenvalue weighted by molar-refractivity contribution is 4.98. The predicted octanol–water partition coefficient (Wildman–Crippen LogP) is 1.54. The molecule has 3 unspecified atom stereocenters. The van der Waals surface area contributed by atoms with Gasteiger partial charge in [-0.15, -0.1) is 0 Å². The summed E-state index contributed by atoms with van der Waals surface area (Å²) in [7, 11) is 0. The molecule has 2 aliphatic heterocycles. The Labute approximate surface area is 97.8 Å². The van der Waals surface area contributed by atoms with E-state index in [1.54, 1.807) is 0 Å². The first-order chi connectivity index (χ1) is 7.79. The van der Waals surface area contributed by atoms with Gasteiger partial charge in [-0.1, -0.05) is 0 Å². The van der Waals surface area contributed by atoms with Crippen molar-refractivity contribution in [3.05, 3.63) is 0 Å². The number of rotatable bonds is 1. The van der Waals surface area contributed by atoms with Crippen LogP contribution >= 0.6 is 0 Å². The Balaban J connectivity index is 1.70. The number of nitrogens with zero attached hydrogens (tertiary/aromatic N) is 1. The molecule has 0 bridgehead atoms. The van der Waals surface area contributed by atoms with E-state index in [4.69, 9.17) is 4.74 Å². The number of hydrogen-bond donors (Lipinski definition) is 1. The minimum atomic E-state index is -0.118. The van der Waals surface area contributed by atoms with Crippen LogP contribution in [-0.2, 0) is 4.74 Å². The van der Waals surface area contributed by atoms with E-state index < -0.39 is 0 Å². The van der Waals surface area contributed by atoms with Crippen molar-refractivity contribution in [1.29, 1.82) is 0 Å². The average Bonchev–Trinajstić information content (AvgIpc) is 2.94. The first kappa shape index (κ1) is 11.0. The van der Waals surface area contributed by atoms with Crippen LogP contribution in [0.3, 0.4) is 0 Å². The van der Waals surface area contributed by atoms with Gasteiger partial charge in [0.05, 0.1) is 11.7 Å². The lowest BCUT2D eigenvalue weighted by Gasteiger charge is -2.43. The number of aliphatic hydroxyl groups is 1. The molecule has 2 saturated heterocycles. The van der Waals surface area contributed by atoms with Crippen LogP contribution in [0.1, 0.15) is 44.9 Å². The molecule has 1 aliphatic carbocycles. The molecule has 0 radical (unpaired) electrons. The molecular formula is C13H23NO2. The smallest absolute Gasteiger partial charge is 0.0700 e. The first-order valence-corrected chi connectivity index (χ1v) is 6.85. The predicted molar refractivity (Wildman–Crippen MR) is 62.4 cm³/mol. The fourth-order valence-electron chi connectivity index (χ4n) is 3.78. The minimum absolute atomic E-state index is 0.118. The highest BCUT2D eigenvalue weighted by Gasteiger charge is 2.45. The summed E-state index contributed by atoms with van der Waals surface area (Å²) < 4.78 is 5.98. The van der Waals surface area contributed by atoms with Gasteiger partial charge in [0, 0.05) is 12.6 Å². The molecule has 16 heavy (non-hydrogen) atoms. The Bertz CT molecular complexity index is 244. The quantitative estimate of drug-likeness (QED) is 0.735. The molecule has 1 N–H and O–H groups in total. The summed E-state index contributed by atoms with van der Waals surface area (Å²) in [6.07, 6.45) is 7.97. The Morgan fingerprint density at radius 2 is 1.94 bits per heavy atom. The van der Waals surface area contributed by atoms with E-state index in [-0.39, 0.29) is 11.7 Å². The SMILES string of the molecule is OC1CCC2(CCCO2)CC1N1CCCC1. The fraction of sp³-hybridized carbons (Fsp3) is 1.00. The summed E-state index contributed by atoms with van der Waals surface area (Å²) in [6.45, 7) is 3.29. The average molecular weight is 225 g/mol. The summed E-state index contributed by atoms with van der Waals surface area (Å²) in [5.41, 5.74) is 0.131. The molecule has 3 atom stereocenters. The molecule has 2 heterocycles. The number of hydrogen-bond acceptors (Lipinski definition) is 3. The lowest BCUT2D eigenvalue weighted by atomic mass is 9.78. The summed E-state index contributed by atoms with van der Waals surface area (Å²) in [5.74, 6) is 0. The van der Waals surface area contributed by atoms with Crippen LogP contribution in [0.25, 0.3) is 0 Å². The van der Waals surface area contributed by atoms with Crippen LogP contribution in [0.15, 0.2) is 0 Å². The van der Waals surface area contributed by atoms with Crippen molar-refractivity contribution >= 4 is 0 Å². The summed E-state index contributed by atoms with van der Waals surface area (Å²) >= 11 is 0. The molecule has 0 aromatic heterocycles. The van der Waals surface area contributed by atoms with Crippen molar-refractivity contribution in [2.45, 2.75) is 62.7 Å². The summed E-state index contributed by atoms with van der Waals surface area (Å²) in [6, 6.07) is 0.370. The standard InChI is InChI=1S/C13H23NO2/c15-12-4-6-13(5-3-9-16-13)10-11(12)14-7-1-2-8-14/h11-12,15H,1-10H2. The van der Waals surface area contributed by atoms with Crippen LogP contribution < -0.4 is 0 Å². The monoisotopic (exact) mass is 225 g/mol. The van der Waals surface area contributed by atoms with Gasteiger partial charge >= 0.3 is 0 Å². The van der Waals surface area contributed by atoms with Gasteiger partial charge in [-0.3, -0.25) is 4.90 Å². The molecule has 0 aromatic carbocycles. The van der Waals surface area contributed by atoms with Crippen molar-refractivity contribution in [3.8, 4) is 0 Å². The third-order valence-corrected chi connectivity index (χ3v) is 4.72. The van der Waals surface area contributed by atoms with Gasteiger partial charge in [-0.05, 0) is 58.0 Å². The van der Waals surface area contributed by atoms with Gasteiger partial charge < -0.3 is 9.84 Å². The largest absolute Gasteiger partial charge is 0.391 e. The Kier molecular flexibility index (Phi) is 2.94. The van der Waals surface area contributed by atoms with Crippen LogP contribution in [-0.4, -0.2) is 47.4 Å². The van der Waals surface area contributed by atoms with Gasteiger partial charge in [0.2, 0.25) is 0 Å². The van der Waals surface area contributed by atoms with Crippen molar-refractivity contribution in [2.24, 2.45) is 0 Å². The van der Waals surface area contributed by atoms with Crippen molar-refractivity contribution in [2.75, 3.05) is 19.7 Å². The maximum atomic E-state index is 10.2. The highest BCUT2D eigenvalue weighted by atomic mass is 16.5. The van der Waals surface area contributed by atoms with E-state index in [1.165, 1.54) is 38.8 Å². The zero-order valence-corrected chi connectivity index (χ0v) is 10.0. The van der Waals surface area contributed by atoms with Crippen molar-refractivity contribution < 1.29 is 9.84 Å². The molecular weight excluding hydrogens is 202 g/mol. The fourth-order valence-corrected chi connectivity index (χ4v) is 3.78. The first-order valence-electron chi connectivity index (χ1n) is 6.85. The Morgan fingerprint density at radius 1 is 1.12 bits per heavy atom. The number of aliphatic hydroxyl groups excluding tert-OH is 1. The van der Waals surface area contributed by atoms with Crippen molar-refractivity contribution in [3.63, 3.8) is 0 Å². The van der Waals surface area contributed by atoms with E-state index >= 15 is 0 Å². The zero-order valence-electron chi connectivity index (χ0n) is 10.0. The molecule has 3 aliphatic rings. The molecule has 92 valence electrons. The van der Waals surface area contributed by atoms with Crippen LogP contribution in [0, 0.1) is 0 Å². The van der Waals surface area contributed by atoms with E-state index in [0.29, 0.717) is 6.04 Å². The van der Waals surface area contributed by atoms with Crippen molar-refractivity contribution in [1.82, 2.24) is 4.90 Å². The number of likely N-dealkylation sites (tertiary alicyclic amines) is 1. The Hall–Kier alpha value is -0.120. The van der Waals surface area contributed by atoms with Gasteiger partial charge in [0.25, 0.3) is 0 Å². The van der Waals surface area contributed by atoms with Crippen LogP contribution in [0.5, 0.6) is 0 Å². The Morgan fingerprint density at radius 3 is 2.62 bits per heavy atom. The molecule has 1 spiro atoms. The van der Waals surface area contributed by atoms with E-state index in [1.807, 2.05) is 0 Å². The molecule has 3 nitrogen and oxygen atoms in total. The van der Waals surface area contributed by atoms with Gasteiger partial charge in [-0.2, -0.15) is 0 Å². The summed E-state index contributed by atoms with van der Waals surface area (Å²) in [4.78, 5) is 2.49.